The molecule has 1 N–H and O–H groups in total. The molecule has 0 saturated heterocycles. The molecule has 0 saturated carbocycles. The number of anilines is 2. The highest BCUT2D eigenvalue weighted by Crippen LogP contribution is 2.16. The predicted molar refractivity (Wildman–Crippen MR) is 68.3 cm³/mol. The van der Waals surface area contributed by atoms with E-state index in [4.69, 9.17) is 0 Å². The lowest BCUT2D eigenvalue weighted by Crippen LogP contribution is -2.35. The summed E-state index contributed by atoms with van der Waals surface area (Å²) >= 11 is 0. The molecule has 1 heterocycles. The Bertz CT molecular complexity index is 405. The second-order valence-corrected chi connectivity index (χ2v) is 4.09. The monoisotopic (exact) mass is 237 g/mol. The number of amides is 1. The number of carbonyl (C=O) groups is 1. The average Bonchev–Trinajstić information content (AvgIpc) is 2.29. The van der Waals surface area contributed by atoms with E-state index in [0.717, 1.165) is 11.4 Å². The highest BCUT2D eigenvalue weighted by Gasteiger charge is 2.13. The summed E-state index contributed by atoms with van der Waals surface area (Å²) < 4.78 is 0. The van der Waals surface area contributed by atoms with Crippen LogP contribution in [0.15, 0.2) is 6.20 Å². The van der Waals surface area contributed by atoms with Gasteiger partial charge in [0.05, 0.1) is 6.54 Å². The maximum absolute atomic E-state index is 11.6. The molecule has 0 aliphatic rings. The number of aromatic nitrogens is 2. The molecular formula is C11H19N5O. The Labute approximate surface area is 102 Å². The van der Waals surface area contributed by atoms with Gasteiger partial charge in [0.25, 0.3) is 0 Å². The fourth-order valence-corrected chi connectivity index (χ4v) is 1.36. The topological polar surface area (TPSA) is 61.4 Å². The third kappa shape index (κ3) is 3.30. The smallest absolute Gasteiger partial charge is 0.241 e. The van der Waals surface area contributed by atoms with Crippen LogP contribution in [0.3, 0.4) is 0 Å². The molecule has 1 aromatic rings. The zero-order chi connectivity index (χ0) is 13.0. The van der Waals surface area contributed by atoms with Gasteiger partial charge in [-0.2, -0.15) is 4.98 Å². The molecule has 0 aliphatic heterocycles. The molecular weight excluding hydrogens is 218 g/mol. The third-order valence-electron chi connectivity index (χ3n) is 2.40. The Kier molecular flexibility index (Phi) is 4.25. The summed E-state index contributed by atoms with van der Waals surface area (Å²) in [7, 11) is 7.08. The largest absolute Gasteiger partial charge is 0.357 e. The first-order valence-electron chi connectivity index (χ1n) is 5.38. The van der Waals surface area contributed by atoms with Crippen molar-refractivity contribution in [1.82, 2.24) is 14.9 Å². The molecule has 0 spiro atoms. The minimum Gasteiger partial charge on any atom is -0.357 e. The van der Waals surface area contributed by atoms with Gasteiger partial charge in [-0.25, -0.2) is 4.98 Å². The van der Waals surface area contributed by atoms with Gasteiger partial charge in [0.2, 0.25) is 11.9 Å². The van der Waals surface area contributed by atoms with Crippen molar-refractivity contribution in [3.63, 3.8) is 0 Å². The summed E-state index contributed by atoms with van der Waals surface area (Å²) in [6, 6.07) is 0. The summed E-state index contributed by atoms with van der Waals surface area (Å²) in [5.41, 5.74) is 0.943. The SMILES string of the molecule is CNc1ncc(C)c(N(C)CC(=O)N(C)C)n1. The van der Waals surface area contributed by atoms with Crippen molar-refractivity contribution in [2.75, 3.05) is 45.0 Å². The Morgan fingerprint density at radius 3 is 2.59 bits per heavy atom. The van der Waals surface area contributed by atoms with Gasteiger partial charge >= 0.3 is 0 Å². The van der Waals surface area contributed by atoms with Crippen molar-refractivity contribution in [3.05, 3.63) is 11.8 Å². The van der Waals surface area contributed by atoms with Gasteiger partial charge in [-0.1, -0.05) is 0 Å². The molecule has 1 amide bonds. The Morgan fingerprint density at radius 2 is 2.06 bits per heavy atom. The second-order valence-electron chi connectivity index (χ2n) is 4.09. The molecule has 1 rings (SSSR count). The lowest BCUT2D eigenvalue weighted by Gasteiger charge is -2.21. The molecule has 0 unspecified atom stereocenters. The molecule has 0 atom stereocenters. The van der Waals surface area contributed by atoms with Crippen molar-refractivity contribution in [1.29, 1.82) is 0 Å². The van der Waals surface area contributed by atoms with E-state index in [9.17, 15) is 4.79 Å². The lowest BCUT2D eigenvalue weighted by molar-refractivity contribution is -0.127. The quantitative estimate of drug-likeness (QED) is 0.819. The van der Waals surface area contributed by atoms with Crippen molar-refractivity contribution >= 4 is 17.7 Å². The summed E-state index contributed by atoms with van der Waals surface area (Å²) in [6.07, 6.45) is 1.74. The zero-order valence-electron chi connectivity index (χ0n) is 11.0. The minimum absolute atomic E-state index is 0.0384. The van der Waals surface area contributed by atoms with Gasteiger partial charge in [0, 0.05) is 40.0 Å². The van der Waals surface area contributed by atoms with Gasteiger partial charge in [-0.05, 0) is 6.92 Å². The van der Waals surface area contributed by atoms with Crippen molar-refractivity contribution in [2.24, 2.45) is 0 Å². The first kappa shape index (κ1) is 13.2. The molecule has 17 heavy (non-hydrogen) atoms. The highest BCUT2D eigenvalue weighted by atomic mass is 16.2. The zero-order valence-corrected chi connectivity index (χ0v) is 11.0. The van der Waals surface area contributed by atoms with E-state index >= 15 is 0 Å². The van der Waals surface area contributed by atoms with Crippen molar-refractivity contribution in [2.45, 2.75) is 6.92 Å². The molecule has 6 heteroatoms. The number of hydrogen-bond acceptors (Lipinski definition) is 5. The third-order valence-corrected chi connectivity index (χ3v) is 2.40. The maximum Gasteiger partial charge on any atom is 0.241 e. The van der Waals surface area contributed by atoms with Crippen LogP contribution < -0.4 is 10.2 Å². The molecule has 0 radical (unpaired) electrons. The van der Waals surface area contributed by atoms with E-state index in [1.807, 2.05) is 18.9 Å². The summed E-state index contributed by atoms with van der Waals surface area (Å²) in [6.45, 7) is 2.22. The molecule has 0 bridgehead atoms. The number of aryl methyl sites for hydroxylation is 1. The van der Waals surface area contributed by atoms with Crippen LogP contribution in [0.1, 0.15) is 5.56 Å². The fourth-order valence-electron chi connectivity index (χ4n) is 1.36. The van der Waals surface area contributed by atoms with Crippen molar-refractivity contribution < 1.29 is 4.79 Å². The summed E-state index contributed by atoms with van der Waals surface area (Å²) in [5.74, 6) is 1.35. The van der Waals surface area contributed by atoms with E-state index in [1.165, 1.54) is 0 Å². The lowest BCUT2D eigenvalue weighted by atomic mass is 10.3. The molecule has 0 aliphatic carbocycles. The van der Waals surface area contributed by atoms with E-state index in [0.29, 0.717) is 12.5 Å². The molecule has 0 aromatic carbocycles. The van der Waals surface area contributed by atoms with Crippen LogP contribution in [0.2, 0.25) is 0 Å². The molecule has 1 aromatic heterocycles. The van der Waals surface area contributed by atoms with E-state index in [1.54, 1.807) is 32.2 Å². The van der Waals surface area contributed by atoms with Gasteiger partial charge < -0.3 is 15.1 Å². The maximum atomic E-state index is 11.6. The first-order valence-corrected chi connectivity index (χ1v) is 5.38. The number of likely N-dealkylation sites (N-methyl/N-ethyl adjacent to an activating group) is 2. The normalized spacial score (nSPS) is 9.94. The summed E-state index contributed by atoms with van der Waals surface area (Å²) in [4.78, 5) is 23.4. The van der Waals surface area contributed by atoms with Crippen molar-refractivity contribution in [3.8, 4) is 0 Å². The number of carbonyl (C=O) groups excluding carboxylic acids is 1. The van der Waals surface area contributed by atoms with Gasteiger partial charge in [-0.3, -0.25) is 4.79 Å². The Hall–Kier alpha value is -1.85. The standard InChI is InChI=1S/C11H19N5O/c1-8-6-13-11(12-2)14-10(8)16(5)7-9(17)15(3)4/h6H,7H2,1-5H3,(H,12,13,14). The van der Waals surface area contributed by atoms with Crippen LogP contribution in [-0.2, 0) is 4.79 Å². The van der Waals surface area contributed by atoms with Crippen LogP contribution in [0.4, 0.5) is 11.8 Å². The summed E-state index contributed by atoms with van der Waals surface area (Å²) in [5, 5.41) is 2.88. The van der Waals surface area contributed by atoms with Crippen LogP contribution in [0.5, 0.6) is 0 Å². The van der Waals surface area contributed by atoms with Crippen LogP contribution in [0, 0.1) is 6.92 Å². The van der Waals surface area contributed by atoms with Gasteiger partial charge in [0.15, 0.2) is 0 Å². The van der Waals surface area contributed by atoms with Crippen LogP contribution in [0.25, 0.3) is 0 Å². The number of nitrogens with zero attached hydrogens (tertiary/aromatic N) is 4. The Balaban J connectivity index is 2.87. The minimum atomic E-state index is 0.0384. The number of rotatable bonds is 4. The van der Waals surface area contributed by atoms with E-state index < -0.39 is 0 Å². The fraction of sp³-hybridized carbons (Fsp3) is 0.545. The number of nitrogens with one attached hydrogen (secondary N) is 1. The van der Waals surface area contributed by atoms with E-state index in [2.05, 4.69) is 15.3 Å². The average molecular weight is 237 g/mol. The van der Waals surface area contributed by atoms with Gasteiger partial charge in [0.1, 0.15) is 5.82 Å². The predicted octanol–water partition coefficient (Wildman–Crippen LogP) is 0.351. The van der Waals surface area contributed by atoms with Gasteiger partial charge in [-0.15, -0.1) is 0 Å². The van der Waals surface area contributed by atoms with Crippen LogP contribution in [-0.4, -0.2) is 55.5 Å². The molecule has 6 nitrogen and oxygen atoms in total. The first-order chi connectivity index (χ1) is 7.95. The number of hydrogen-bond donors (Lipinski definition) is 1. The van der Waals surface area contributed by atoms with E-state index in [-0.39, 0.29) is 5.91 Å². The highest BCUT2D eigenvalue weighted by molar-refractivity contribution is 5.80. The second kappa shape index (κ2) is 5.47. The molecule has 94 valence electrons. The Morgan fingerprint density at radius 1 is 1.41 bits per heavy atom. The molecule has 0 fully saturated rings. The van der Waals surface area contributed by atoms with Crippen LogP contribution >= 0.6 is 0 Å².